The van der Waals surface area contributed by atoms with Gasteiger partial charge in [-0.15, -0.1) is 0 Å². The first-order chi connectivity index (χ1) is 9.33. The summed E-state index contributed by atoms with van der Waals surface area (Å²) in [7, 11) is 0. The molecule has 1 amide bonds. The second-order valence-electron chi connectivity index (χ2n) is 7.00. The molecule has 2 fully saturated rings. The van der Waals surface area contributed by atoms with Gasteiger partial charge in [0.1, 0.15) is 5.60 Å². The third kappa shape index (κ3) is 4.85. The van der Waals surface area contributed by atoms with E-state index in [-0.39, 0.29) is 12.1 Å². The van der Waals surface area contributed by atoms with Crippen LogP contribution in [0.25, 0.3) is 0 Å². The van der Waals surface area contributed by atoms with Crippen LogP contribution in [0, 0.1) is 0 Å². The Kier molecular flexibility index (Phi) is 5.24. The predicted octanol–water partition coefficient (Wildman–Crippen LogP) is 2.92. The van der Waals surface area contributed by atoms with Gasteiger partial charge in [-0.05, 0) is 52.2 Å². The van der Waals surface area contributed by atoms with Crippen LogP contribution in [0.5, 0.6) is 0 Å². The number of thioether (sulfide) groups is 1. The molecule has 20 heavy (non-hydrogen) atoms. The summed E-state index contributed by atoms with van der Waals surface area (Å²) in [6.45, 7) is 7.98. The molecule has 0 bridgehead atoms. The van der Waals surface area contributed by atoms with Crippen LogP contribution in [0.1, 0.15) is 53.4 Å². The van der Waals surface area contributed by atoms with Crippen molar-refractivity contribution in [2.45, 2.75) is 82.4 Å². The number of carbonyl (C=O) groups excluding carboxylic acids is 1. The van der Waals surface area contributed by atoms with Gasteiger partial charge in [0.2, 0.25) is 0 Å². The van der Waals surface area contributed by atoms with Gasteiger partial charge in [0.05, 0.1) is 0 Å². The Morgan fingerprint density at radius 2 is 1.95 bits per heavy atom. The Labute approximate surface area is 126 Å². The first-order valence-electron chi connectivity index (χ1n) is 7.70. The highest BCUT2D eigenvalue weighted by atomic mass is 32.2. The third-order valence-corrected chi connectivity index (χ3v) is 5.29. The Morgan fingerprint density at radius 1 is 1.25 bits per heavy atom. The second kappa shape index (κ2) is 6.56. The van der Waals surface area contributed by atoms with Crippen molar-refractivity contribution in [1.82, 2.24) is 10.6 Å². The van der Waals surface area contributed by atoms with Crippen LogP contribution in [-0.4, -0.2) is 40.8 Å². The van der Waals surface area contributed by atoms with Crippen molar-refractivity contribution in [3.05, 3.63) is 0 Å². The quantitative estimate of drug-likeness (QED) is 0.841. The Morgan fingerprint density at radius 3 is 2.55 bits per heavy atom. The van der Waals surface area contributed by atoms with E-state index in [1.54, 1.807) is 0 Å². The highest BCUT2D eigenvalue weighted by molar-refractivity contribution is 7.99. The molecule has 1 heterocycles. The van der Waals surface area contributed by atoms with E-state index in [1.807, 2.05) is 20.8 Å². The Balaban J connectivity index is 1.63. The minimum atomic E-state index is -0.416. The lowest BCUT2D eigenvalue weighted by atomic mass is 9.86. The molecule has 2 rings (SSSR count). The average molecular weight is 300 g/mol. The first kappa shape index (κ1) is 16.0. The minimum absolute atomic E-state index is 0.272. The molecule has 0 spiro atoms. The lowest BCUT2D eigenvalue weighted by Gasteiger charge is -2.41. The highest BCUT2D eigenvalue weighted by Crippen LogP contribution is 2.28. The normalized spacial score (nSPS) is 34.2. The maximum absolute atomic E-state index is 11.7. The van der Waals surface area contributed by atoms with Gasteiger partial charge in [-0.2, -0.15) is 11.8 Å². The van der Waals surface area contributed by atoms with Gasteiger partial charge in [0.15, 0.2) is 0 Å². The SMILES string of the molecule is CC1SCCCC1NC1CC(NC(=O)OC(C)(C)C)C1. The van der Waals surface area contributed by atoms with E-state index in [0.717, 1.165) is 12.8 Å². The van der Waals surface area contributed by atoms with Crippen LogP contribution in [-0.2, 0) is 4.74 Å². The zero-order valence-corrected chi connectivity index (χ0v) is 13.9. The molecule has 0 radical (unpaired) electrons. The molecular weight excluding hydrogens is 272 g/mol. The number of ether oxygens (including phenoxy) is 1. The van der Waals surface area contributed by atoms with Crippen molar-refractivity contribution >= 4 is 17.9 Å². The van der Waals surface area contributed by atoms with Crippen molar-refractivity contribution in [2.24, 2.45) is 0 Å². The molecule has 1 saturated heterocycles. The zero-order valence-electron chi connectivity index (χ0n) is 13.1. The largest absolute Gasteiger partial charge is 0.444 e. The molecule has 116 valence electrons. The average Bonchev–Trinajstić information content (AvgIpc) is 2.26. The molecule has 5 heteroatoms. The van der Waals surface area contributed by atoms with Crippen molar-refractivity contribution in [2.75, 3.05) is 5.75 Å². The molecule has 2 aliphatic rings. The molecule has 0 aromatic rings. The van der Waals surface area contributed by atoms with Crippen LogP contribution in [0.15, 0.2) is 0 Å². The van der Waals surface area contributed by atoms with Crippen LogP contribution in [0.2, 0.25) is 0 Å². The monoisotopic (exact) mass is 300 g/mol. The number of hydrogen-bond donors (Lipinski definition) is 2. The van der Waals surface area contributed by atoms with Crippen molar-refractivity contribution in [1.29, 1.82) is 0 Å². The highest BCUT2D eigenvalue weighted by Gasteiger charge is 2.34. The molecule has 0 aromatic heterocycles. The van der Waals surface area contributed by atoms with E-state index in [9.17, 15) is 4.79 Å². The van der Waals surface area contributed by atoms with E-state index in [1.165, 1.54) is 18.6 Å². The maximum Gasteiger partial charge on any atom is 0.407 e. The topological polar surface area (TPSA) is 50.4 Å². The van der Waals surface area contributed by atoms with Crippen molar-refractivity contribution < 1.29 is 9.53 Å². The molecule has 2 unspecified atom stereocenters. The number of rotatable bonds is 3. The fourth-order valence-electron chi connectivity index (χ4n) is 2.79. The minimum Gasteiger partial charge on any atom is -0.444 e. The summed E-state index contributed by atoms with van der Waals surface area (Å²) in [6, 6.07) is 1.47. The Bertz CT molecular complexity index is 337. The van der Waals surface area contributed by atoms with Gasteiger partial charge in [-0.25, -0.2) is 4.79 Å². The summed E-state index contributed by atoms with van der Waals surface area (Å²) < 4.78 is 5.27. The summed E-state index contributed by atoms with van der Waals surface area (Å²) in [4.78, 5) is 11.7. The number of amides is 1. The number of hydrogen-bond acceptors (Lipinski definition) is 4. The molecule has 1 aliphatic heterocycles. The second-order valence-corrected chi connectivity index (χ2v) is 8.49. The van der Waals surface area contributed by atoms with E-state index in [4.69, 9.17) is 4.74 Å². The van der Waals surface area contributed by atoms with E-state index >= 15 is 0 Å². The zero-order chi connectivity index (χ0) is 14.8. The van der Waals surface area contributed by atoms with E-state index < -0.39 is 5.60 Å². The first-order valence-corrected chi connectivity index (χ1v) is 8.75. The molecule has 1 saturated carbocycles. The predicted molar refractivity (Wildman–Crippen MR) is 84.3 cm³/mol. The van der Waals surface area contributed by atoms with E-state index in [0.29, 0.717) is 17.3 Å². The molecular formula is C15H28N2O2S. The lowest BCUT2D eigenvalue weighted by Crippen LogP contribution is -2.57. The Hall–Kier alpha value is -0.420. The molecule has 0 aromatic carbocycles. The van der Waals surface area contributed by atoms with E-state index in [2.05, 4.69) is 29.3 Å². The van der Waals surface area contributed by atoms with Gasteiger partial charge < -0.3 is 15.4 Å². The number of nitrogens with one attached hydrogen (secondary N) is 2. The van der Waals surface area contributed by atoms with Crippen LogP contribution in [0.3, 0.4) is 0 Å². The maximum atomic E-state index is 11.7. The van der Waals surface area contributed by atoms with Crippen molar-refractivity contribution in [3.8, 4) is 0 Å². The third-order valence-electron chi connectivity index (χ3n) is 3.92. The fourth-order valence-corrected chi connectivity index (χ4v) is 3.94. The van der Waals surface area contributed by atoms with Gasteiger partial charge in [0.25, 0.3) is 0 Å². The molecule has 4 nitrogen and oxygen atoms in total. The number of alkyl carbamates (subject to hydrolysis) is 1. The van der Waals surface area contributed by atoms with Crippen LogP contribution < -0.4 is 10.6 Å². The number of carbonyl (C=O) groups is 1. The summed E-state index contributed by atoms with van der Waals surface area (Å²) in [6.07, 6.45) is 4.36. The molecule has 2 atom stereocenters. The summed E-state index contributed by atoms with van der Waals surface area (Å²) in [5.41, 5.74) is -0.416. The standard InChI is InChI=1S/C15H28N2O2S/c1-10-13(6-5-7-20-10)16-11-8-12(9-11)17-14(18)19-15(2,3)4/h10-13,16H,5-9H2,1-4H3,(H,17,18). The summed E-state index contributed by atoms with van der Waals surface area (Å²) in [5.74, 6) is 1.30. The van der Waals surface area contributed by atoms with Gasteiger partial charge in [-0.1, -0.05) is 6.92 Å². The van der Waals surface area contributed by atoms with Crippen LogP contribution >= 0.6 is 11.8 Å². The van der Waals surface area contributed by atoms with Gasteiger partial charge >= 0.3 is 6.09 Å². The molecule has 1 aliphatic carbocycles. The fraction of sp³-hybridized carbons (Fsp3) is 0.933. The van der Waals surface area contributed by atoms with Gasteiger partial charge in [-0.3, -0.25) is 0 Å². The van der Waals surface area contributed by atoms with Gasteiger partial charge in [0, 0.05) is 23.4 Å². The van der Waals surface area contributed by atoms with Crippen molar-refractivity contribution in [3.63, 3.8) is 0 Å². The smallest absolute Gasteiger partial charge is 0.407 e. The summed E-state index contributed by atoms with van der Waals surface area (Å²) in [5, 5.41) is 7.40. The lowest BCUT2D eigenvalue weighted by molar-refractivity contribution is 0.0462. The van der Waals surface area contributed by atoms with Crippen LogP contribution in [0.4, 0.5) is 4.79 Å². The molecule has 2 N–H and O–H groups in total. The summed E-state index contributed by atoms with van der Waals surface area (Å²) >= 11 is 2.07.